The van der Waals surface area contributed by atoms with E-state index in [1.165, 1.54) is 30.2 Å². The van der Waals surface area contributed by atoms with Gasteiger partial charge in [0.25, 0.3) is 0 Å². The Labute approximate surface area is 260 Å². The minimum absolute atomic E-state index is 0.192. The molecule has 0 fully saturated rings. The van der Waals surface area contributed by atoms with Gasteiger partial charge in [0.15, 0.2) is 4.90 Å². The van der Waals surface area contributed by atoms with E-state index in [9.17, 15) is 14.6 Å². The van der Waals surface area contributed by atoms with E-state index >= 15 is 0 Å². The summed E-state index contributed by atoms with van der Waals surface area (Å²) < 4.78 is 21.1. The van der Waals surface area contributed by atoms with Crippen LogP contribution >= 0.6 is 23.1 Å². The van der Waals surface area contributed by atoms with Crippen molar-refractivity contribution < 1.29 is 14.1 Å². The first-order valence-electron chi connectivity index (χ1n) is 13.3. The minimum atomic E-state index is -1.58. The van der Waals surface area contributed by atoms with Crippen molar-refractivity contribution in [1.29, 1.82) is 5.26 Å². The van der Waals surface area contributed by atoms with Gasteiger partial charge in [-0.2, -0.15) is 9.23 Å². The van der Waals surface area contributed by atoms with Crippen LogP contribution in [0, 0.1) is 18.3 Å². The molecule has 0 saturated carbocycles. The van der Waals surface area contributed by atoms with Crippen LogP contribution in [0.1, 0.15) is 10.4 Å². The normalized spacial score (nSPS) is 11.8. The molecule has 0 aliphatic carbocycles. The van der Waals surface area contributed by atoms with Crippen LogP contribution in [0.4, 0.5) is 0 Å². The van der Waals surface area contributed by atoms with Crippen molar-refractivity contribution in [2.45, 2.75) is 16.7 Å². The number of carbonyl (C=O) groups excluding carboxylic acids is 1. The number of aromatic nitrogens is 2. The summed E-state index contributed by atoms with van der Waals surface area (Å²) in [7, 11) is 1.37. The number of benzene rings is 3. The summed E-state index contributed by atoms with van der Waals surface area (Å²) in [6.07, 6.45) is 3.51. The van der Waals surface area contributed by atoms with Crippen LogP contribution in [0.15, 0.2) is 112 Å². The topological polar surface area (TPSA) is 91.0 Å². The number of nitrogens with zero attached hydrogens (tertiary/aromatic N) is 3. The van der Waals surface area contributed by atoms with Gasteiger partial charge in [0.1, 0.15) is 28.0 Å². The molecular formula is C34H25N3O3S3. The molecule has 0 spiro atoms. The van der Waals surface area contributed by atoms with E-state index in [0.29, 0.717) is 9.77 Å². The van der Waals surface area contributed by atoms with E-state index in [0.717, 1.165) is 54.9 Å². The molecule has 6 rings (SSSR count). The molecule has 1 atom stereocenters. The van der Waals surface area contributed by atoms with Gasteiger partial charge >= 0.3 is 5.97 Å². The number of nitriles is 1. The Balaban J connectivity index is 1.57. The Hall–Kier alpha value is -4.33. The number of hydrogen-bond donors (Lipinski definition) is 0. The maximum Gasteiger partial charge on any atom is 0.315 e. The van der Waals surface area contributed by atoms with Gasteiger partial charge in [0, 0.05) is 44.9 Å². The molecule has 43 heavy (non-hydrogen) atoms. The second-order valence-corrected chi connectivity index (χ2v) is 13.0. The Morgan fingerprint density at radius 1 is 1.02 bits per heavy atom. The molecule has 0 aliphatic rings. The number of rotatable bonds is 8. The van der Waals surface area contributed by atoms with Crippen molar-refractivity contribution in [2.24, 2.45) is 0 Å². The molecule has 0 bridgehead atoms. The summed E-state index contributed by atoms with van der Waals surface area (Å²) >= 11 is 1.18. The van der Waals surface area contributed by atoms with Crippen LogP contribution in [-0.2, 0) is 20.9 Å². The number of thioether (sulfide) groups is 1. The molecular weight excluding hydrogens is 595 g/mol. The fourth-order valence-corrected chi connectivity index (χ4v) is 7.69. The highest BCUT2D eigenvalue weighted by Crippen LogP contribution is 2.45. The number of hydrogen-bond acceptors (Lipinski definition) is 7. The Kier molecular flexibility index (Phi) is 8.36. The number of aryl methyl sites for hydroxylation is 1. The minimum Gasteiger partial charge on any atom is -0.587 e. The van der Waals surface area contributed by atoms with E-state index in [4.69, 9.17) is 4.74 Å². The molecule has 0 radical (unpaired) electrons. The first-order valence-corrected chi connectivity index (χ1v) is 16.3. The summed E-state index contributed by atoms with van der Waals surface area (Å²) in [6, 6.07) is 30.0. The van der Waals surface area contributed by atoms with Crippen molar-refractivity contribution >= 4 is 51.3 Å². The number of carbonyl (C=O) groups is 1. The number of thiophene rings is 1. The zero-order chi connectivity index (χ0) is 29.9. The lowest BCUT2D eigenvalue weighted by Crippen LogP contribution is -2.14. The first-order chi connectivity index (χ1) is 21.0. The molecule has 3 heterocycles. The first kappa shape index (κ1) is 28.8. The zero-order valence-corrected chi connectivity index (χ0v) is 25.8. The maximum absolute atomic E-state index is 14.4. The summed E-state index contributed by atoms with van der Waals surface area (Å²) in [5, 5.41) is 12.8. The van der Waals surface area contributed by atoms with Gasteiger partial charge in [0.05, 0.1) is 18.4 Å². The van der Waals surface area contributed by atoms with E-state index in [1.807, 2.05) is 95.1 Å². The molecule has 9 heteroatoms. The Morgan fingerprint density at radius 2 is 1.81 bits per heavy atom. The average molecular weight is 620 g/mol. The summed E-state index contributed by atoms with van der Waals surface area (Å²) in [5.41, 5.74) is 7.00. The van der Waals surface area contributed by atoms with Crippen LogP contribution in [0.25, 0.3) is 44.4 Å². The van der Waals surface area contributed by atoms with Crippen LogP contribution in [0.3, 0.4) is 0 Å². The fraction of sp³-hybridized carbons (Fsp3) is 0.0882. The monoisotopic (exact) mass is 619 g/mol. The third kappa shape index (κ3) is 5.70. The van der Waals surface area contributed by atoms with Crippen LogP contribution in [-0.4, -0.2) is 32.3 Å². The number of ether oxygens (including phenoxy) is 1. The quantitative estimate of drug-likeness (QED) is 0.0971. The summed E-state index contributed by atoms with van der Waals surface area (Å²) in [6.45, 7) is 2.00. The smallest absolute Gasteiger partial charge is 0.315 e. The van der Waals surface area contributed by atoms with Crippen molar-refractivity contribution in [3.63, 3.8) is 0 Å². The zero-order valence-electron chi connectivity index (χ0n) is 23.3. The van der Waals surface area contributed by atoms with Gasteiger partial charge in [0.2, 0.25) is 0 Å². The van der Waals surface area contributed by atoms with Gasteiger partial charge in [-0.25, -0.2) is 0 Å². The van der Waals surface area contributed by atoms with Gasteiger partial charge in [-0.15, -0.1) is 23.1 Å². The number of pyridine rings is 1. The largest absolute Gasteiger partial charge is 0.587 e. The summed E-state index contributed by atoms with van der Waals surface area (Å²) in [4.78, 5) is 18.2. The van der Waals surface area contributed by atoms with E-state index < -0.39 is 11.4 Å². The second-order valence-electron chi connectivity index (χ2n) is 9.73. The standard InChI is InChI=1S/C34H25N3O3S3/c1-22-10-12-27(13-11-22)43(39)37-30-9-4-3-8-28(30)33(29-14-15-41-31(29)18-35)34(37)24-7-5-6-23(16-24)25-17-26(20-36-19-25)42-21-32(38)40-2/h3-17,19-20H,21H2,1-2H3. The van der Waals surface area contributed by atoms with Crippen LogP contribution in [0.5, 0.6) is 0 Å². The van der Waals surface area contributed by atoms with Crippen molar-refractivity contribution in [2.75, 3.05) is 12.9 Å². The predicted octanol–water partition coefficient (Wildman–Crippen LogP) is 8.11. The molecule has 1 unspecified atom stereocenters. The average Bonchev–Trinajstić information content (AvgIpc) is 3.66. The molecule has 0 saturated heterocycles. The van der Waals surface area contributed by atoms with Crippen LogP contribution < -0.4 is 0 Å². The molecule has 0 aliphatic heterocycles. The third-order valence-corrected chi connectivity index (χ3v) is 10.2. The SMILES string of the molecule is COC(=O)CSc1cncc(-c2cccc(-c3c(-c4ccsc4C#N)c4ccccc4n3[S+]([O-])c3ccc(C)cc3)c2)c1. The second kappa shape index (κ2) is 12.5. The lowest BCUT2D eigenvalue weighted by atomic mass is 9.97. The van der Waals surface area contributed by atoms with Gasteiger partial charge < -0.3 is 9.29 Å². The third-order valence-electron chi connectivity index (χ3n) is 7.02. The van der Waals surface area contributed by atoms with Crippen molar-refractivity contribution in [3.8, 4) is 39.6 Å². The highest BCUT2D eigenvalue weighted by Gasteiger charge is 2.29. The Morgan fingerprint density at radius 3 is 2.60 bits per heavy atom. The Bertz CT molecular complexity index is 1990. The van der Waals surface area contributed by atoms with E-state index in [2.05, 4.69) is 17.1 Å². The van der Waals surface area contributed by atoms with Gasteiger partial charge in [-0.1, -0.05) is 54.1 Å². The number of esters is 1. The highest BCUT2D eigenvalue weighted by atomic mass is 32.2. The summed E-state index contributed by atoms with van der Waals surface area (Å²) in [5.74, 6) is -0.109. The van der Waals surface area contributed by atoms with Gasteiger partial charge in [-0.3, -0.25) is 9.78 Å². The number of para-hydroxylation sites is 1. The molecule has 0 amide bonds. The maximum atomic E-state index is 14.4. The van der Waals surface area contributed by atoms with Gasteiger partial charge in [-0.05, 0) is 54.3 Å². The molecule has 0 N–H and O–H groups in total. The molecule has 3 aromatic carbocycles. The lowest BCUT2D eigenvalue weighted by Gasteiger charge is -2.16. The fourth-order valence-electron chi connectivity index (χ4n) is 4.97. The van der Waals surface area contributed by atoms with E-state index in [-0.39, 0.29) is 11.7 Å². The van der Waals surface area contributed by atoms with Crippen molar-refractivity contribution in [1.82, 2.24) is 8.96 Å². The number of fused-ring (bicyclic) bond motifs is 1. The molecule has 212 valence electrons. The molecule has 6 nitrogen and oxygen atoms in total. The predicted molar refractivity (Wildman–Crippen MR) is 174 cm³/mol. The highest BCUT2D eigenvalue weighted by molar-refractivity contribution is 8.00. The number of methoxy groups -OCH3 is 1. The van der Waals surface area contributed by atoms with E-state index in [1.54, 1.807) is 12.4 Å². The van der Waals surface area contributed by atoms with Crippen LogP contribution in [0.2, 0.25) is 0 Å². The van der Waals surface area contributed by atoms with Crippen molar-refractivity contribution in [3.05, 3.63) is 113 Å². The lowest BCUT2D eigenvalue weighted by molar-refractivity contribution is -0.137. The molecule has 6 aromatic rings. The molecule has 3 aromatic heterocycles.